The number of ether oxygens (including phenoxy) is 1. The van der Waals surface area contributed by atoms with Gasteiger partial charge in [-0.15, -0.1) is 0 Å². The summed E-state index contributed by atoms with van der Waals surface area (Å²) in [7, 11) is 1.38. The van der Waals surface area contributed by atoms with Crippen LogP contribution in [0.15, 0.2) is 36.4 Å². The maximum Gasteiger partial charge on any atom is 0.311 e. The molecule has 0 unspecified atom stereocenters. The lowest BCUT2D eigenvalue weighted by Crippen LogP contribution is -2.26. The van der Waals surface area contributed by atoms with Gasteiger partial charge in [0.25, 0.3) is 0 Å². The normalized spacial score (nSPS) is 11.3. The van der Waals surface area contributed by atoms with Gasteiger partial charge >= 0.3 is 5.97 Å². The quantitative estimate of drug-likeness (QED) is 0.572. The van der Waals surface area contributed by atoms with Crippen molar-refractivity contribution in [1.82, 2.24) is 0 Å². The van der Waals surface area contributed by atoms with Crippen LogP contribution in [0.1, 0.15) is 43.4 Å². The van der Waals surface area contributed by atoms with Gasteiger partial charge in [-0.25, -0.2) is 0 Å². The van der Waals surface area contributed by atoms with E-state index in [0.717, 1.165) is 27.8 Å². The summed E-state index contributed by atoms with van der Waals surface area (Å²) in [6.45, 7) is 7.69. The molecule has 0 bridgehead atoms. The van der Waals surface area contributed by atoms with E-state index in [-0.39, 0.29) is 11.8 Å². The van der Waals surface area contributed by atoms with Gasteiger partial charge in [0.05, 0.1) is 12.5 Å². The lowest BCUT2D eigenvalue weighted by atomic mass is 9.85. The van der Waals surface area contributed by atoms with E-state index in [1.165, 1.54) is 7.11 Å². The maximum absolute atomic E-state index is 12.5. The standard InChI is InChI=1S/C23H27ClO3/c1-15-12-18(17-6-8-19(24)9-7-17)13-16(2)21(15)14-20(25)10-11-23(3,4)22(26)27-5/h6-9,12-13H,10-11,14H2,1-5H3. The highest BCUT2D eigenvalue weighted by atomic mass is 35.5. The van der Waals surface area contributed by atoms with Gasteiger partial charge in [-0.2, -0.15) is 0 Å². The monoisotopic (exact) mass is 386 g/mol. The highest BCUT2D eigenvalue weighted by molar-refractivity contribution is 6.30. The summed E-state index contributed by atoms with van der Waals surface area (Å²) in [5.74, 6) is -0.146. The number of esters is 1. The Labute approximate surface area is 166 Å². The predicted octanol–water partition coefficient (Wildman–Crippen LogP) is 5.71. The largest absolute Gasteiger partial charge is 0.469 e. The van der Waals surface area contributed by atoms with Gasteiger partial charge in [0.15, 0.2) is 0 Å². The molecule has 0 aliphatic rings. The number of Topliss-reactive ketones (excluding diaryl/α,β-unsaturated/α-hetero) is 1. The van der Waals surface area contributed by atoms with Gasteiger partial charge in [0.2, 0.25) is 0 Å². The number of carbonyl (C=O) groups excluding carboxylic acids is 2. The highest BCUT2D eigenvalue weighted by Gasteiger charge is 2.29. The van der Waals surface area contributed by atoms with Crippen molar-refractivity contribution in [3.63, 3.8) is 0 Å². The Balaban J connectivity index is 2.12. The number of aryl methyl sites for hydroxylation is 2. The minimum Gasteiger partial charge on any atom is -0.469 e. The Hall–Kier alpha value is -2.13. The predicted molar refractivity (Wildman–Crippen MR) is 110 cm³/mol. The van der Waals surface area contributed by atoms with Crippen LogP contribution in [0.25, 0.3) is 11.1 Å². The summed E-state index contributed by atoms with van der Waals surface area (Å²) in [5.41, 5.74) is 4.83. The molecule has 2 aromatic carbocycles. The second kappa shape index (κ2) is 8.71. The molecular formula is C23H27ClO3. The fraction of sp³-hybridized carbons (Fsp3) is 0.391. The van der Waals surface area contributed by atoms with Crippen LogP contribution < -0.4 is 0 Å². The van der Waals surface area contributed by atoms with Crippen LogP contribution in [-0.2, 0) is 20.7 Å². The van der Waals surface area contributed by atoms with Gasteiger partial charge in [-0.1, -0.05) is 35.9 Å². The van der Waals surface area contributed by atoms with Crippen LogP contribution in [0.2, 0.25) is 5.02 Å². The number of hydrogen-bond donors (Lipinski definition) is 0. The fourth-order valence-electron chi connectivity index (χ4n) is 3.20. The average Bonchev–Trinajstić information content (AvgIpc) is 2.62. The molecule has 0 aliphatic carbocycles. The lowest BCUT2D eigenvalue weighted by molar-refractivity contribution is -0.151. The fourth-order valence-corrected chi connectivity index (χ4v) is 3.32. The van der Waals surface area contributed by atoms with Gasteiger partial charge in [-0.3, -0.25) is 9.59 Å². The van der Waals surface area contributed by atoms with E-state index in [0.29, 0.717) is 24.3 Å². The Morgan fingerprint density at radius 3 is 2.07 bits per heavy atom. The molecule has 0 amide bonds. The summed E-state index contributed by atoms with van der Waals surface area (Å²) in [6.07, 6.45) is 1.23. The average molecular weight is 387 g/mol. The summed E-state index contributed by atoms with van der Waals surface area (Å²) in [6, 6.07) is 12.0. The van der Waals surface area contributed by atoms with Crippen LogP contribution >= 0.6 is 11.6 Å². The number of hydrogen-bond acceptors (Lipinski definition) is 3. The second-order valence-corrected chi connectivity index (χ2v) is 8.12. The van der Waals surface area contributed by atoms with E-state index in [2.05, 4.69) is 12.1 Å². The lowest BCUT2D eigenvalue weighted by Gasteiger charge is -2.21. The van der Waals surface area contributed by atoms with E-state index >= 15 is 0 Å². The smallest absolute Gasteiger partial charge is 0.311 e. The Morgan fingerprint density at radius 2 is 1.56 bits per heavy atom. The Kier molecular flexibility index (Phi) is 6.83. The Morgan fingerprint density at radius 1 is 1.00 bits per heavy atom. The molecule has 4 heteroatoms. The first-order valence-electron chi connectivity index (χ1n) is 9.10. The summed E-state index contributed by atoms with van der Waals surface area (Å²) >= 11 is 5.97. The number of carbonyl (C=O) groups is 2. The molecule has 0 radical (unpaired) electrons. The van der Waals surface area contributed by atoms with Gasteiger partial charge in [0.1, 0.15) is 5.78 Å². The molecule has 27 heavy (non-hydrogen) atoms. The molecule has 2 rings (SSSR count). The molecule has 0 heterocycles. The molecule has 144 valence electrons. The van der Waals surface area contributed by atoms with E-state index in [1.807, 2.05) is 52.0 Å². The first kappa shape index (κ1) is 21.2. The summed E-state index contributed by atoms with van der Waals surface area (Å²) in [4.78, 5) is 24.3. The zero-order valence-electron chi connectivity index (χ0n) is 16.7. The van der Waals surface area contributed by atoms with Crippen molar-refractivity contribution in [3.8, 4) is 11.1 Å². The molecule has 3 nitrogen and oxygen atoms in total. The van der Waals surface area contributed by atoms with E-state index < -0.39 is 5.41 Å². The van der Waals surface area contributed by atoms with Crippen molar-refractivity contribution in [2.45, 2.75) is 47.0 Å². The second-order valence-electron chi connectivity index (χ2n) is 7.69. The van der Waals surface area contributed by atoms with Crippen molar-refractivity contribution >= 4 is 23.4 Å². The summed E-state index contributed by atoms with van der Waals surface area (Å²) in [5, 5.41) is 0.712. The molecule has 0 fully saturated rings. The minimum atomic E-state index is -0.646. The molecule has 0 saturated heterocycles. The number of halogens is 1. The van der Waals surface area contributed by atoms with Gasteiger partial charge in [0, 0.05) is 17.9 Å². The first-order chi connectivity index (χ1) is 12.6. The minimum absolute atomic E-state index is 0.137. The molecule has 0 atom stereocenters. The highest BCUT2D eigenvalue weighted by Crippen LogP contribution is 2.28. The van der Waals surface area contributed by atoms with Crippen molar-refractivity contribution in [1.29, 1.82) is 0 Å². The SMILES string of the molecule is COC(=O)C(C)(C)CCC(=O)Cc1c(C)cc(-c2ccc(Cl)cc2)cc1C. The van der Waals surface area contributed by atoms with Crippen molar-refractivity contribution < 1.29 is 14.3 Å². The first-order valence-corrected chi connectivity index (χ1v) is 9.48. The number of ketones is 1. The van der Waals surface area contributed by atoms with Crippen LogP contribution in [-0.4, -0.2) is 18.9 Å². The molecule has 0 N–H and O–H groups in total. The van der Waals surface area contributed by atoms with Crippen molar-refractivity contribution in [2.24, 2.45) is 5.41 Å². The topological polar surface area (TPSA) is 43.4 Å². The summed E-state index contributed by atoms with van der Waals surface area (Å²) < 4.78 is 4.81. The van der Waals surface area contributed by atoms with Gasteiger partial charge in [-0.05, 0) is 74.1 Å². The van der Waals surface area contributed by atoms with Crippen LogP contribution in [0.5, 0.6) is 0 Å². The molecule has 0 aliphatic heterocycles. The molecular weight excluding hydrogens is 360 g/mol. The van der Waals surface area contributed by atoms with Crippen molar-refractivity contribution in [2.75, 3.05) is 7.11 Å². The molecule has 0 aromatic heterocycles. The van der Waals surface area contributed by atoms with Crippen molar-refractivity contribution in [3.05, 3.63) is 58.1 Å². The van der Waals surface area contributed by atoms with E-state index in [4.69, 9.17) is 16.3 Å². The van der Waals surface area contributed by atoms with Crippen LogP contribution in [0.3, 0.4) is 0 Å². The third kappa shape index (κ3) is 5.43. The third-order valence-electron chi connectivity index (χ3n) is 5.01. The Bertz CT molecular complexity index is 812. The molecule has 0 saturated carbocycles. The van der Waals surface area contributed by atoms with Crippen LogP contribution in [0.4, 0.5) is 0 Å². The zero-order chi connectivity index (χ0) is 20.2. The maximum atomic E-state index is 12.5. The van der Waals surface area contributed by atoms with Gasteiger partial charge < -0.3 is 4.74 Å². The number of methoxy groups -OCH3 is 1. The molecule has 0 spiro atoms. The van der Waals surface area contributed by atoms with E-state index in [9.17, 15) is 9.59 Å². The number of rotatable bonds is 7. The third-order valence-corrected chi connectivity index (χ3v) is 5.27. The number of benzene rings is 2. The molecule has 2 aromatic rings. The zero-order valence-corrected chi connectivity index (χ0v) is 17.4. The van der Waals surface area contributed by atoms with Crippen LogP contribution in [0, 0.1) is 19.3 Å². The van der Waals surface area contributed by atoms with E-state index in [1.54, 1.807) is 0 Å².